The van der Waals surface area contributed by atoms with Gasteiger partial charge < -0.3 is 5.11 Å². The monoisotopic (exact) mass is 414 g/mol. The summed E-state index contributed by atoms with van der Waals surface area (Å²) in [6.45, 7) is 4.12. The number of aromatic nitrogens is 4. The Morgan fingerprint density at radius 2 is 1.94 bits per heavy atom. The highest BCUT2D eigenvalue weighted by atomic mass is 16.3. The van der Waals surface area contributed by atoms with Crippen LogP contribution in [0.25, 0.3) is 16.6 Å². The van der Waals surface area contributed by atoms with Crippen molar-refractivity contribution in [1.29, 1.82) is 0 Å². The van der Waals surface area contributed by atoms with Crippen LogP contribution in [0.15, 0.2) is 59.9 Å². The summed E-state index contributed by atoms with van der Waals surface area (Å²) in [5.41, 5.74) is 6.21. The molecule has 6 nitrogen and oxygen atoms in total. The molecule has 2 unspecified atom stereocenters. The van der Waals surface area contributed by atoms with Crippen LogP contribution >= 0.6 is 0 Å². The van der Waals surface area contributed by atoms with Crippen LogP contribution in [0.3, 0.4) is 0 Å². The lowest BCUT2D eigenvalue weighted by atomic mass is 9.94. The van der Waals surface area contributed by atoms with E-state index in [1.807, 2.05) is 29.9 Å². The third kappa shape index (κ3) is 3.47. The fourth-order valence-corrected chi connectivity index (χ4v) is 4.69. The third-order valence-electron chi connectivity index (χ3n) is 6.65. The van der Waals surface area contributed by atoms with Crippen molar-refractivity contribution in [3.05, 3.63) is 87.7 Å². The predicted octanol–water partition coefficient (Wildman–Crippen LogP) is 3.88. The summed E-state index contributed by atoms with van der Waals surface area (Å²) >= 11 is 0. The molecule has 2 atom stereocenters. The number of nitrogens with zero attached hydrogens (tertiary/aromatic N) is 4. The highest BCUT2D eigenvalue weighted by Gasteiger charge is 2.28. The van der Waals surface area contributed by atoms with E-state index >= 15 is 0 Å². The second-order valence-corrected chi connectivity index (χ2v) is 8.50. The molecule has 0 amide bonds. The summed E-state index contributed by atoms with van der Waals surface area (Å²) in [5, 5.41) is 15.2. The van der Waals surface area contributed by atoms with E-state index in [0.29, 0.717) is 5.39 Å². The first-order chi connectivity index (χ1) is 15.0. The first-order valence-corrected chi connectivity index (χ1v) is 10.8. The van der Waals surface area contributed by atoms with Gasteiger partial charge in [-0.15, -0.1) is 0 Å². The molecule has 31 heavy (non-hydrogen) atoms. The van der Waals surface area contributed by atoms with Crippen LogP contribution in [-0.4, -0.2) is 30.5 Å². The van der Waals surface area contributed by atoms with Crippen molar-refractivity contribution in [1.82, 2.24) is 19.3 Å². The minimum absolute atomic E-state index is 0.0608. The van der Waals surface area contributed by atoms with Gasteiger partial charge in [-0.25, -0.2) is 9.67 Å². The summed E-state index contributed by atoms with van der Waals surface area (Å²) < 4.78 is 3.47. The van der Waals surface area contributed by atoms with Crippen molar-refractivity contribution in [3.8, 4) is 5.69 Å². The van der Waals surface area contributed by atoms with E-state index < -0.39 is 6.10 Å². The van der Waals surface area contributed by atoms with Gasteiger partial charge in [0.25, 0.3) is 5.56 Å². The molecule has 0 bridgehead atoms. The van der Waals surface area contributed by atoms with E-state index in [4.69, 9.17) is 0 Å². The fourth-order valence-electron chi connectivity index (χ4n) is 4.69. The van der Waals surface area contributed by atoms with E-state index in [-0.39, 0.29) is 11.6 Å². The lowest BCUT2D eigenvalue weighted by molar-refractivity contribution is 0.134. The molecule has 1 aliphatic carbocycles. The predicted molar refractivity (Wildman–Crippen MR) is 121 cm³/mol. The Morgan fingerprint density at radius 3 is 2.61 bits per heavy atom. The van der Waals surface area contributed by atoms with Crippen LogP contribution in [0.1, 0.15) is 47.6 Å². The van der Waals surface area contributed by atoms with Crippen LogP contribution in [-0.2, 0) is 6.42 Å². The number of aliphatic hydroxyl groups excluding tert-OH is 1. The first-order valence-electron chi connectivity index (χ1n) is 10.8. The molecule has 4 aromatic rings. The zero-order valence-electron chi connectivity index (χ0n) is 17.8. The number of hydrogen-bond acceptors (Lipinski definition) is 4. The molecule has 0 radical (unpaired) electrons. The molecule has 6 heteroatoms. The third-order valence-corrected chi connectivity index (χ3v) is 6.65. The minimum Gasteiger partial charge on any atom is -0.391 e. The van der Waals surface area contributed by atoms with Crippen molar-refractivity contribution >= 4 is 10.9 Å². The van der Waals surface area contributed by atoms with E-state index in [1.54, 1.807) is 17.1 Å². The number of benzene rings is 2. The maximum atomic E-state index is 13.3. The van der Waals surface area contributed by atoms with Gasteiger partial charge in [-0.1, -0.05) is 12.1 Å². The number of rotatable bonds is 4. The topological polar surface area (TPSA) is 72.9 Å². The van der Waals surface area contributed by atoms with Crippen LogP contribution in [0.4, 0.5) is 0 Å². The van der Waals surface area contributed by atoms with Crippen molar-refractivity contribution < 1.29 is 5.11 Å². The molecule has 1 N–H and O–H groups in total. The molecule has 0 spiro atoms. The minimum atomic E-state index is -0.476. The summed E-state index contributed by atoms with van der Waals surface area (Å²) in [7, 11) is 0. The highest BCUT2D eigenvalue weighted by Crippen LogP contribution is 2.30. The SMILES string of the molecule is Cc1c(Cc2ccc(-n3cccn3)cc2)cc2c(=O)n(C3CCCC3O)cnc2c1C. The Kier molecular flexibility index (Phi) is 4.94. The Balaban J connectivity index is 1.53. The van der Waals surface area contributed by atoms with E-state index in [1.165, 1.54) is 5.56 Å². The summed E-state index contributed by atoms with van der Waals surface area (Å²) in [5.74, 6) is 0. The van der Waals surface area contributed by atoms with Gasteiger partial charge in [0.2, 0.25) is 0 Å². The van der Waals surface area contributed by atoms with Gasteiger partial charge in [-0.2, -0.15) is 5.10 Å². The summed E-state index contributed by atoms with van der Waals surface area (Å²) in [6, 6.07) is 12.0. The van der Waals surface area contributed by atoms with Crippen LogP contribution in [0.5, 0.6) is 0 Å². The Labute approximate surface area is 180 Å². The smallest absolute Gasteiger partial charge is 0.261 e. The Hall–Kier alpha value is -3.25. The maximum absolute atomic E-state index is 13.3. The van der Waals surface area contributed by atoms with Gasteiger partial charge in [0, 0.05) is 12.4 Å². The van der Waals surface area contributed by atoms with E-state index in [2.05, 4.69) is 41.3 Å². The van der Waals surface area contributed by atoms with Crippen molar-refractivity contribution in [3.63, 3.8) is 0 Å². The molecule has 1 saturated carbocycles. The molecule has 158 valence electrons. The summed E-state index contributed by atoms with van der Waals surface area (Å²) in [4.78, 5) is 17.9. The van der Waals surface area contributed by atoms with Crippen LogP contribution in [0.2, 0.25) is 0 Å². The molecule has 0 aliphatic heterocycles. The van der Waals surface area contributed by atoms with Crippen molar-refractivity contribution in [2.24, 2.45) is 0 Å². The second kappa shape index (κ2) is 7.78. The average Bonchev–Trinajstić information content (AvgIpc) is 3.45. The molecular weight excluding hydrogens is 388 g/mol. The normalized spacial score (nSPS) is 18.7. The van der Waals surface area contributed by atoms with Gasteiger partial charge in [0.05, 0.1) is 35.1 Å². The van der Waals surface area contributed by atoms with Crippen LogP contribution in [0, 0.1) is 13.8 Å². The molecule has 0 saturated heterocycles. The van der Waals surface area contributed by atoms with Crippen molar-refractivity contribution in [2.75, 3.05) is 0 Å². The number of aliphatic hydroxyl groups is 1. The Morgan fingerprint density at radius 1 is 1.13 bits per heavy atom. The van der Waals surface area contributed by atoms with Gasteiger partial charge in [-0.05, 0) is 86.1 Å². The van der Waals surface area contributed by atoms with E-state index in [0.717, 1.165) is 53.6 Å². The molecule has 1 aliphatic rings. The maximum Gasteiger partial charge on any atom is 0.261 e. The quantitative estimate of drug-likeness (QED) is 0.550. The van der Waals surface area contributed by atoms with Gasteiger partial charge in [0.15, 0.2) is 0 Å². The van der Waals surface area contributed by atoms with Crippen molar-refractivity contribution in [2.45, 2.75) is 51.7 Å². The fraction of sp³-hybridized carbons (Fsp3) is 0.320. The molecule has 2 heterocycles. The molecule has 2 aromatic carbocycles. The zero-order valence-corrected chi connectivity index (χ0v) is 17.8. The lowest BCUT2D eigenvalue weighted by Crippen LogP contribution is -2.29. The number of hydrogen-bond donors (Lipinski definition) is 1. The van der Waals surface area contributed by atoms with Gasteiger partial charge in [0.1, 0.15) is 0 Å². The Bertz CT molecular complexity index is 1290. The standard InChI is InChI=1S/C25H26N4O2/c1-16-17(2)24-21(25(31)28(15-26-24)22-5-3-6-23(22)30)14-19(16)13-18-7-9-20(10-8-18)29-12-4-11-27-29/h4,7-12,14-15,22-23,30H,3,5-6,13H2,1-2H3. The average molecular weight is 415 g/mol. The molecule has 1 fully saturated rings. The largest absolute Gasteiger partial charge is 0.391 e. The molecule has 5 rings (SSSR count). The lowest BCUT2D eigenvalue weighted by Gasteiger charge is -2.19. The second-order valence-electron chi connectivity index (χ2n) is 8.50. The first kappa shape index (κ1) is 19.7. The van der Waals surface area contributed by atoms with Gasteiger partial charge in [-0.3, -0.25) is 9.36 Å². The highest BCUT2D eigenvalue weighted by molar-refractivity contribution is 5.83. The number of fused-ring (bicyclic) bond motifs is 1. The number of aryl methyl sites for hydroxylation is 1. The van der Waals surface area contributed by atoms with Crippen LogP contribution < -0.4 is 5.56 Å². The van der Waals surface area contributed by atoms with E-state index in [9.17, 15) is 9.90 Å². The zero-order chi connectivity index (χ0) is 21.5. The van der Waals surface area contributed by atoms with Gasteiger partial charge >= 0.3 is 0 Å². The molecule has 2 aromatic heterocycles. The molecular formula is C25H26N4O2. The summed E-state index contributed by atoms with van der Waals surface area (Å²) in [6.07, 6.45) is 8.05.